The third kappa shape index (κ3) is 9.49. The maximum atomic E-state index is 13.5. The minimum atomic E-state index is -3.40. The molecule has 2 aromatic carbocycles. The van der Waals surface area contributed by atoms with Gasteiger partial charge in [0, 0.05) is 29.7 Å². The van der Waals surface area contributed by atoms with Crippen LogP contribution in [0.3, 0.4) is 0 Å². The summed E-state index contributed by atoms with van der Waals surface area (Å²) in [4.78, 5) is 42.5. The highest BCUT2D eigenvalue weighted by molar-refractivity contribution is 8.01. The van der Waals surface area contributed by atoms with E-state index in [2.05, 4.69) is 20.6 Å². The van der Waals surface area contributed by atoms with Crippen molar-refractivity contribution < 1.29 is 50.3 Å². The van der Waals surface area contributed by atoms with Gasteiger partial charge in [-0.3, -0.25) is 10.1 Å². The Balaban J connectivity index is 0.953. The first-order chi connectivity index (χ1) is 26.1. The molecule has 7 rings (SSSR count). The normalized spacial score (nSPS) is 20.8. The number of amides is 1. The molecule has 288 valence electrons. The molecule has 3 heterocycles. The second-order valence-electron chi connectivity index (χ2n) is 13.0. The molecule has 2 atom stereocenters. The molecule has 2 saturated heterocycles. The summed E-state index contributed by atoms with van der Waals surface area (Å²) in [6.07, 6.45) is 4.77. The quantitative estimate of drug-likeness (QED) is 0.0675. The Bertz CT molecular complexity index is 2100. The zero-order valence-electron chi connectivity index (χ0n) is 29.0. The SMILES string of the molecule is O=C(Nc1ncc(SCCOC(=O)/C(=N/O[C@@H]2CCOC2)c2ccc(S(=O)(=O)C3CC3)cc2)s1)/C(=N/O[C@@H]1CCOC1)c1ccc(S(=O)(=O)C2CC2)cc1. The molecule has 54 heavy (non-hydrogen) atoms. The minimum absolute atomic E-state index is 0.00822. The average Bonchev–Trinajstić information content (AvgIpc) is 4.06. The van der Waals surface area contributed by atoms with Crippen molar-refractivity contribution in [3.63, 3.8) is 0 Å². The predicted octanol–water partition coefficient (Wildman–Crippen LogP) is 4.01. The summed E-state index contributed by atoms with van der Waals surface area (Å²) < 4.78 is 67.6. The molecule has 1 amide bonds. The highest BCUT2D eigenvalue weighted by Crippen LogP contribution is 2.35. The van der Waals surface area contributed by atoms with Gasteiger partial charge in [-0.15, -0.1) is 11.8 Å². The summed E-state index contributed by atoms with van der Waals surface area (Å²) in [6.45, 7) is 1.74. The average molecular weight is 819 g/mol. The van der Waals surface area contributed by atoms with Gasteiger partial charge in [-0.1, -0.05) is 45.9 Å². The number of hydrogen-bond acceptors (Lipinski definition) is 16. The Labute approximate surface area is 320 Å². The number of rotatable bonds is 17. The van der Waals surface area contributed by atoms with Crippen molar-refractivity contribution in [2.24, 2.45) is 10.3 Å². The number of benzene rings is 2. The van der Waals surface area contributed by atoms with E-state index in [1.807, 2.05) is 0 Å². The fourth-order valence-electron chi connectivity index (χ4n) is 5.51. The molecule has 0 unspecified atom stereocenters. The maximum Gasteiger partial charge on any atom is 0.361 e. The van der Waals surface area contributed by atoms with E-state index in [-0.39, 0.29) is 50.5 Å². The van der Waals surface area contributed by atoms with Gasteiger partial charge in [0.1, 0.15) is 6.61 Å². The van der Waals surface area contributed by atoms with Crippen LogP contribution in [0.2, 0.25) is 0 Å². The zero-order chi connectivity index (χ0) is 37.7. The second-order valence-corrected chi connectivity index (χ2v) is 19.9. The number of sulfone groups is 2. The fourth-order valence-corrected chi connectivity index (χ4v) is 10.6. The lowest BCUT2D eigenvalue weighted by Crippen LogP contribution is -2.25. The standard InChI is InChI=1S/C35H38N4O11S4/c40-33(31(38-49-24-13-15-46-20-24)22-1-5-26(6-2-22)53(42,43)28-9-10-28)37-35-36-19-30(52-35)51-18-17-48-34(41)32(39-50-25-14-16-47-21-25)23-3-7-27(8-4-23)54(44,45)29-11-12-29/h1-8,19,24-25,28-29H,9-18,20-21H2,(H,36,37,40)/b38-31+,39-32+/t24-,25-/m1/s1. The summed E-state index contributed by atoms with van der Waals surface area (Å²) in [7, 11) is -6.81. The molecular weight excluding hydrogens is 781 g/mol. The summed E-state index contributed by atoms with van der Waals surface area (Å²) >= 11 is 2.56. The first kappa shape index (κ1) is 38.4. The van der Waals surface area contributed by atoms with Gasteiger partial charge in [-0.05, 0) is 49.9 Å². The molecule has 0 radical (unpaired) electrons. The molecule has 2 aliphatic heterocycles. The Kier molecular flexibility index (Phi) is 12.0. The smallest absolute Gasteiger partial charge is 0.361 e. The Morgan fingerprint density at radius 1 is 0.778 bits per heavy atom. The number of esters is 1. The molecule has 1 aromatic heterocycles. The van der Waals surface area contributed by atoms with Gasteiger partial charge in [-0.2, -0.15) is 0 Å². The van der Waals surface area contributed by atoms with Gasteiger partial charge in [0.25, 0.3) is 5.91 Å². The molecule has 4 fully saturated rings. The molecule has 0 spiro atoms. The van der Waals surface area contributed by atoms with E-state index in [1.165, 1.54) is 71.6 Å². The number of nitrogens with zero attached hydrogens (tertiary/aromatic N) is 3. The van der Waals surface area contributed by atoms with Crippen molar-refractivity contribution in [1.82, 2.24) is 4.98 Å². The van der Waals surface area contributed by atoms with E-state index >= 15 is 0 Å². The van der Waals surface area contributed by atoms with Gasteiger partial charge in [0.15, 0.2) is 48.4 Å². The zero-order valence-corrected chi connectivity index (χ0v) is 32.2. The van der Waals surface area contributed by atoms with E-state index in [9.17, 15) is 26.4 Å². The van der Waals surface area contributed by atoms with Crippen LogP contribution in [0.1, 0.15) is 49.7 Å². The van der Waals surface area contributed by atoms with Crippen LogP contribution >= 0.6 is 23.1 Å². The van der Waals surface area contributed by atoms with Crippen molar-refractivity contribution in [3.8, 4) is 0 Å². The number of thiazole rings is 1. The topological polar surface area (TPSA) is 198 Å². The lowest BCUT2D eigenvalue weighted by molar-refractivity contribution is -0.135. The molecule has 3 aromatic rings. The summed E-state index contributed by atoms with van der Waals surface area (Å²) in [5, 5.41) is 10.5. The number of hydrogen-bond donors (Lipinski definition) is 1. The van der Waals surface area contributed by atoms with Crippen LogP contribution in [0.5, 0.6) is 0 Å². The third-order valence-electron chi connectivity index (χ3n) is 8.88. The highest BCUT2D eigenvalue weighted by atomic mass is 32.2. The van der Waals surface area contributed by atoms with Crippen molar-refractivity contribution in [3.05, 3.63) is 65.9 Å². The van der Waals surface area contributed by atoms with Crippen LogP contribution in [0, 0.1) is 0 Å². The van der Waals surface area contributed by atoms with Crippen LogP contribution < -0.4 is 5.32 Å². The van der Waals surface area contributed by atoms with Crippen LogP contribution in [-0.4, -0.2) is 107 Å². The summed E-state index contributed by atoms with van der Waals surface area (Å²) in [5.74, 6) is -0.978. The second kappa shape index (κ2) is 16.9. The van der Waals surface area contributed by atoms with Crippen LogP contribution in [0.4, 0.5) is 5.13 Å². The molecule has 2 aliphatic carbocycles. The monoisotopic (exact) mass is 818 g/mol. The van der Waals surface area contributed by atoms with Gasteiger partial charge in [0.2, 0.25) is 0 Å². The number of carbonyl (C=O) groups excluding carboxylic acids is 2. The van der Waals surface area contributed by atoms with Gasteiger partial charge >= 0.3 is 5.97 Å². The van der Waals surface area contributed by atoms with Crippen molar-refractivity contribution >= 4 is 71.2 Å². The van der Waals surface area contributed by atoms with Crippen molar-refractivity contribution in [2.75, 3.05) is 44.1 Å². The number of anilines is 1. The number of aromatic nitrogens is 1. The van der Waals surface area contributed by atoms with E-state index in [0.29, 0.717) is 87.0 Å². The van der Waals surface area contributed by atoms with Crippen molar-refractivity contribution in [2.45, 2.75) is 75.2 Å². The fraction of sp³-hybridized carbons (Fsp3) is 0.457. The number of ether oxygens (including phenoxy) is 3. The molecule has 0 bridgehead atoms. The molecular formula is C35H38N4O11S4. The summed E-state index contributed by atoms with van der Waals surface area (Å²) in [6, 6.07) is 12.0. The maximum absolute atomic E-state index is 13.5. The number of thioether (sulfide) groups is 1. The first-order valence-corrected chi connectivity index (χ1v) is 22.4. The lowest BCUT2D eigenvalue weighted by atomic mass is 10.1. The summed E-state index contributed by atoms with van der Waals surface area (Å²) in [5.41, 5.74) is 0.590. The minimum Gasteiger partial charge on any atom is -0.460 e. The number of oxime groups is 2. The van der Waals surface area contributed by atoms with Crippen LogP contribution in [-0.2, 0) is 53.1 Å². The van der Waals surface area contributed by atoms with E-state index in [4.69, 9.17) is 23.9 Å². The van der Waals surface area contributed by atoms with E-state index in [0.717, 1.165) is 4.21 Å². The third-order valence-corrected chi connectivity index (χ3v) is 15.5. The number of carbonyl (C=O) groups is 2. The molecule has 15 nitrogen and oxygen atoms in total. The molecule has 19 heteroatoms. The predicted molar refractivity (Wildman–Crippen MR) is 199 cm³/mol. The largest absolute Gasteiger partial charge is 0.460 e. The number of nitrogens with one attached hydrogen (secondary N) is 1. The van der Waals surface area contributed by atoms with Crippen LogP contribution in [0.25, 0.3) is 0 Å². The van der Waals surface area contributed by atoms with Gasteiger partial charge < -0.3 is 23.9 Å². The highest BCUT2D eigenvalue weighted by Gasteiger charge is 2.38. The Morgan fingerprint density at radius 2 is 1.30 bits per heavy atom. The molecule has 2 saturated carbocycles. The lowest BCUT2D eigenvalue weighted by Gasteiger charge is -2.11. The Hall–Kier alpha value is -3.88. The molecule has 1 N–H and O–H groups in total. The van der Waals surface area contributed by atoms with Crippen molar-refractivity contribution in [1.29, 1.82) is 0 Å². The molecule has 4 aliphatic rings. The van der Waals surface area contributed by atoms with Gasteiger partial charge in [0.05, 0.1) is 57.1 Å². The van der Waals surface area contributed by atoms with E-state index in [1.54, 1.807) is 6.20 Å². The van der Waals surface area contributed by atoms with E-state index < -0.39 is 31.6 Å². The van der Waals surface area contributed by atoms with Gasteiger partial charge in [-0.25, -0.2) is 26.6 Å². The van der Waals surface area contributed by atoms with Crippen LogP contribution in [0.15, 0.2) is 79.0 Å². The first-order valence-electron chi connectivity index (χ1n) is 17.5. The Morgan fingerprint density at radius 3 is 1.80 bits per heavy atom.